The summed E-state index contributed by atoms with van der Waals surface area (Å²) in [6.07, 6.45) is 5.81. The van der Waals surface area contributed by atoms with Crippen LogP contribution in [0.4, 0.5) is 0 Å². The summed E-state index contributed by atoms with van der Waals surface area (Å²) in [5.41, 5.74) is -0.567. The van der Waals surface area contributed by atoms with Crippen molar-refractivity contribution >= 4 is 5.97 Å². The predicted octanol–water partition coefficient (Wildman–Crippen LogP) is 2.30. The molecule has 0 aromatic carbocycles. The molecule has 0 spiro atoms. The Morgan fingerprint density at radius 2 is 1.70 bits per heavy atom. The fourth-order valence-corrected chi connectivity index (χ4v) is 2.87. The van der Waals surface area contributed by atoms with Crippen LogP contribution in [0.1, 0.15) is 46.0 Å². The summed E-state index contributed by atoms with van der Waals surface area (Å²) >= 11 is 0. The topological polar surface area (TPSA) is 43.8 Å². The van der Waals surface area contributed by atoms with Crippen LogP contribution in [0.5, 0.6) is 0 Å². The third kappa shape index (κ3) is 5.06. The van der Waals surface area contributed by atoms with Gasteiger partial charge in [-0.15, -0.1) is 0 Å². The molecule has 116 valence electrons. The van der Waals surface area contributed by atoms with E-state index in [1.165, 1.54) is 45.6 Å². The van der Waals surface area contributed by atoms with E-state index in [1.54, 1.807) is 0 Å². The van der Waals surface area contributed by atoms with Crippen molar-refractivity contribution in [3.05, 3.63) is 0 Å². The first-order valence-electron chi connectivity index (χ1n) is 8.15. The Labute approximate surface area is 123 Å². The lowest BCUT2D eigenvalue weighted by atomic mass is 9.87. The van der Waals surface area contributed by atoms with Gasteiger partial charge in [0.15, 0.2) is 0 Å². The average Bonchev–Trinajstić information content (AvgIpc) is 3.20. The van der Waals surface area contributed by atoms with Crippen LogP contribution in [0.2, 0.25) is 0 Å². The number of carboxylic acids is 1. The van der Waals surface area contributed by atoms with Crippen molar-refractivity contribution in [3.8, 4) is 0 Å². The quantitative estimate of drug-likeness (QED) is 0.694. The summed E-state index contributed by atoms with van der Waals surface area (Å²) in [5, 5.41) is 9.08. The van der Waals surface area contributed by atoms with Gasteiger partial charge in [-0.3, -0.25) is 4.79 Å². The standard InChI is InChI=1S/C16H30N2O2/c1-16(2,15(19)20)7-3-4-8-17-9-11-18(12-10-17)13-14-5-6-14/h14H,3-13H2,1-2H3,(H,19,20). The molecule has 4 nitrogen and oxygen atoms in total. The molecule has 1 aliphatic carbocycles. The third-order valence-corrected chi connectivity index (χ3v) is 4.78. The van der Waals surface area contributed by atoms with Crippen LogP contribution in [0.3, 0.4) is 0 Å². The molecule has 0 radical (unpaired) electrons. The first kappa shape index (κ1) is 15.8. The minimum Gasteiger partial charge on any atom is -0.481 e. The summed E-state index contributed by atoms with van der Waals surface area (Å²) in [4.78, 5) is 16.2. The second-order valence-electron chi connectivity index (χ2n) is 7.23. The number of carbonyl (C=O) groups is 1. The summed E-state index contributed by atoms with van der Waals surface area (Å²) in [6, 6.07) is 0. The van der Waals surface area contributed by atoms with Crippen molar-refractivity contribution in [2.24, 2.45) is 11.3 Å². The summed E-state index contributed by atoms with van der Waals surface area (Å²) in [5.74, 6) is 0.325. The maximum atomic E-state index is 11.0. The van der Waals surface area contributed by atoms with E-state index < -0.39 is 11.4 Å². The van der Waals surface area contributed by atoms with E-state index in [-0.39, 0.29) is 0 Å². The molecule has 1 N–H and O–H groups in total. The van der Waals surface area contributed by atoms with Gasteiger partial charge in [0, 0.05) is 32.7 Å². The maximum Gasteiger partial charge on any atom is 0.309 e. The molecule has 2 aliphatic rings. The Bertz CT molecular complexity index is 318. The molecule has 0 bridgehead atoms. The van der Waals surface area contributed by atoms with E-state index >= 15 is 0 Å². The smallest absolute Gasteiger partial charge is 0.309 e. The van der Waals surface area contributed by atoms with Crippen molar-refractivity contribution in [3.63, 3.8) is 0 Å². The van der Waals surface area contributed by atoms with E-state index in [2.05, 4.69) is 9.80 Å². The zero-order valence-electron chi connectivity index (χ0n) is 13.1. The maximum absolute atomic E-state index is 11.0. The van der Waals surface area contributed by atoms with Crippen LogP contribution >= 0.6 is 0 Å². The van der Waals surface area contributed by atoms with Gasteiger partial charge >= 0.3 is 5.97 Å². The minimum absolute atomic E-state index is 0.567. The van der Waals surface area contributed by atoms with Crippen LogP contribution in [-0.4, -0.2) is 60.1 Å². The molecule has 0 unspecified atom stereocenters. The van der Waals surface area contributed by atoms with E-state index in [0.29, 0.717) is 0 Å². The number of nitrogens with zero attached hydrogens (tertiary/aromatic N) is 2. The lowest BCUT2D eigenvalue weighted by molar-refractivity contribution is -0.147. The normalized spacial score (nSPS) is 22.1. The Hall–Kier alpha value is -0.610. The molecule has 0 amide bonds. The van der Waals surface area contributed by atoms with Crippen molar-refractivity contribution < 1.29 is 9.90 Å². The number of hydrogen-bond acceptors (Lipinski definition) is 3. The van der Waals surface area contributed by atoms with Crippen LogP contribution in [0.25, 0.3) is 0 Å². The Morgan fingerprint density at radius 1 is 1.10 bits per heavy atom. The SMILES string of the molecule is CC(C)(CCCCN1CCN(CC2CC2)CC1)C(=O)O. The van der Waals surface area contributed by atoms with Gasteiger partial charge in [0.2, 0.25) is 0 Å². The molecule has 2 rings (SSSR count). The molecule has 1 heterocycles. The molecule has 1 saturated carbocycles. The molecular formula is C16H30N2O2. The zero-order chi connectivity index (χ0) is 14.6. The van der Waals surface area contributed by atoms with Gasteiger partial charge in [-0.05, 0) is 52.0 Å². The molecule has 0 aromatic heterocycles. The van der Waals surface area contributed by atoms with Crippen molar-refractivity contribution in [2.75, 3.05) is 39.3 Å². The van der Waals surface area contributed by atoms with Crippen molar-refractivity contribution in [1.82, 2.24) is 9.80 Å². The lowest BCUT2D eigenvalue weighted by Crippen LogP contribution is -2.47. The zero-order valence-corrected chi connectivity index (χ0v) is 13.1. The number of hydrogen-bond donors (Lipinski definition) is 1. The summed E-state index contributed by atoms with van der Waals surface area (Å²) < 4.78 is 0. The van der Waals surface area contributed by atoms with Crippen LogP contribution in [0.15, 0.2) is 0 Å². The second-order valence-corrected chi connectivity index (χ2v) is 7.23. The average molecular weight is 282 g/mol. The third-order valence-electron chi connectivity index (χ3n) is 4.78. The highest BCUT2D eigenvalue weighted by Gasteiger charge is 2.27. The fourth-order valence-electron chi connectivity index (χ4n) is 2.87. The van der Waals surface area contributed by atoms with Crippen LogP contribution in [-0.2, 0) is 4.79 Å². The number of piperazine rings is 1. The van der Waals surface area contributed by atoms with Gasteiger partial charge in [0.1, 0.15) is 0 Å². The second kappa shape index (κ2) is 6.90. The highest BCUT2D eigenvalue weighted by atomic mass is 16.4. The van der Waals surface area contributed by atoms with E-state index in [4.69, 9.17) is 5.11 Å². The van der Waals surface area contributed by atoms with Crippen molar-refractivity contribution in [1.29, 1.82) is 0 Å². The largest absolute Gasteiger partial charge is 0.481 e. The minimum atomic E-state index is -0.675. The van der Waals surface area contributed by atoms with Crippen LogP contribution in [0, 0.1) is 11.3 Å². The molecule has 2 fully saturated rings. The molecule has 0 aromatic rings. The lowest BCUT2D eigenvalue weighted by Gasteiger charge is -2.34. The Morgan fingerprint density at radius 3 is 2.25 bits per heavy atom. The Balaban J connectivity index is 1.53. The van der Waals surface area contributed by atoms with Crippen LogP contribution < -0.4 is 0 Å². The first-order valence-corrected chi connectivity index (χ1v) is 8.15. The summed E-state index contributed by atoms with van der Waals surface area (Å²) in [6.45, 7) is 10.9. The van der Waals surface area contributed by atoms with E-state index in [9.17, 15) is 4.79 Å². The van der Waals surface area contributed by atoms with Gasteiger partial charge in [-0.2, -0.15) is 0 Å². The van der Waals surface area contributed by atoms with Gasteiger partial charge in [0.25, 0.3) is 0 Å². The van der Waals surface area contributed by atoms with E-state index in [0.717, 1.165) is 31.7 Å². The first-order chi connectivity index (χ1) is 9.47. The highest BCUT2D eigenvalue weighted by Crippen LogP contribution is 2.30. The van der Waals surface area contributed by atoms with E-state index in [1.807, 2.05) is 13.8 Å². The van der Waals surface area contributed by atoms with Gasteiger partial charge < -0.3 is 14.9 Å². The monoisotopic (exact) mass is 282 g/mol. The number of unbranched alkanes of at least 4 members (excludes halogenated alkanes) is 1. The molecule has 1 saturated heterocycles. The molecule has 4 heteroatoms. The molecule has 1 aliphatic heterocycles. The molecule has 0 atom stereocenters. The van der Waals surface area contributed by atoms with Gasteiger partial charge in [-0.25, -0.2) is 0 Å². The summed E-state index contributed by atoms with van der Waals surface area (Å²) in [7, 11) is 0. The number of rotatable bonds is 8. The Kier molecular flexibility index (Phi) is 5.44. The van der Waals surface area contributed by atoms with Crippen molar-refractivity contribution in [2.45, 2.75) is 46.0 Å². The van der Waals surface area contributed by atoms with Gasteiger partial charge in [-0.1, -0.05) is 6.42 Å². The predicted molar refractivity (Wildman–Crippen MR) is 80.9 cm³/mol. The molecular weight excluding hydrogens is 252 g/mol. The molecule has 20 heavy (non-hydrogen) atoms. The van der Waals surface area contributed by atoms with Gasteiger partial charge in [0.05, 0.1) is 5.41 Å². The fraction of sp³-hybridized carbons (Fsp3) is 0.938. The number of aliphatic carboxylic acids is 1. The number of carboxylic acid groups (broad SMARTS) is 1. The highest BCUT2D eigenvalue weighted by molar-refractivity contribution is 5.73.